The summed E-state index contributed by atoms with van der Waals surface area (Å²) in [5.41, 5.74) is 6.75. The summed E-state index contributed by atoms with van der Waals surface area (Å²) in [5.74, 6) is 1.05. The average molecular weight is 383 g/mol. The second-order valence-corrected chi connectivity index (χ2v) is 7.11. The summed E-state index contributed by atoms with van der Waals surface area (Å²) in [4.78, 5) is 12.5. The van der Waals surface area contributed by atoms with Crippen molar-refractivity contribution in [2.45, 2.75) is 50.0 Å². The first kappa shape index (κ1) is 18.1. The maximum Gasteiger partial charge on any atom is 0.244 e. The molecule has 2 aromatic rings. The lowest BCUT2D eigenvalue weighted by molar-refractivity contribution is -0.121. The lowest BCUT2D eigenvalue weighted by atomic mass is 9.98. The molecule has 25 heavy (non-hydrogen) atoms. The van der Waals surface area contributed by atoms with Crippen LogP contribution in [0.3, 0.4) is 0 Å². The molecule has 7 nitrogen and oxygen atoms in total. The Morgan fingerprint density at radius 1 is 1.32 bits per heavy atom. The highest BCUT2D eigenvalue weighted by molar-refractivity contribution is 6.32. The number of hydrogen-bond acceptors (Lipinski definition) is 5. The molecular formula is C16H20Cl2N6O. The van der Waals surface area contributed by atoms with E-state index in [-0.39, 0.29) is 18.3 Å². The van der Waals surface area contributed by atoms with Gasteiger partial charge in [-0.25, -0.2) is 0 Å². The van der Waals surface area contributed by atoms with Crippen LogP contribution < -0.4 is 11.1 Å². The molecule has 0 radical (unpaired) electrons. The van der Waals surface area contributed by atoms with Crippen molar-refractivity contribution in [2.24, 2.45) is 5.73 Å². The van der Waals surface area contributed by atoms with Crippen molar-refractivity contribution in [3.05, 3.63) is 29.0 Å². The molecule has 0 bridgehead atoms. The van der Waals surface area contributed by atoms with E-state index in [0.717, 1.165) is 44.3 Å². The van der Waals surface area contributed by atoms with Crippen molar-refractivity contribution in [3.8, 4) is 5.69 Å². The number of rotatable bonds is 4. The Labute approximate surface area is 156 Å². The third-order valence-corrected chi connectivity index (χ3v) is 5.14. The van der Waals surface area contributed by atoms with Gasteiger partial charge < -0.3 is 11.1 Å². The van der Waals surface area contributed by atoms with E-state index in [2.05, 4.69) is 20.8 Å². The van der Waals surface area contributed by atoms with Gasteiger partial charge in [0.2, 0.25) is 5.91 Å². The van der Waals surface area contributed by atoms with Crippen molar-refractivity contribution in [1.29, 1.82) is 0 Å². The number of carbonyl (C=O) groups excluding carboxylic acids is 1. The van der Waals surface area contributed by atoms with Crippen LogP contribution in [0.2, 0.25) is 5.02 Å². The topological polar surface area (TPSA) is 98.7 Å². The Balaban J connectivity index is 0.00000182. The first-order chi connectivity index (χ1) is 11.6. The summed E-state index contributed by atoms with van der Waals surface area (Å²) >= 11 is 6.32. The number of halogens is 2. The lowest BCUT2D eigenvalue weighted by Gasteiger charge is -2.22. The molecule has 0 saturated heterocycles. The minimum atomic E-state index is -0.770. The summed E-state index contributed by atoms with van der Waals surface area (Å²) in [6, 6.07) is 5.30. The summed E-state index contributed by atoms with van der Waals surface area (Å²) in [6.45, 7) is 0. The molecule has 0 aliphatic heterocycles. The molecular weight excluding hydrogens is 363 g/mol. The SMILES string of the molecule is Cl.NC1(C(=O)Nc2ccc(Cl)c(-n3nnnc3C3CC3)c2)CCCC1. The van der Waals surface area contributed by atoms with E-state index in [9.17, 15) is 4.79 Å². The molecule has 0 unspecified atom stereocenters. The van der Waals surface area contributed by atoms with E-state index in [1.165, 1.54) is 0 Å². The van der Waals surface area contributed by atoms with Gasteiger partial charge >= 0.3 is 0 Å². The zero-order valence-electron chi connectivity index (χ0n) is 13.6. The molecule has 2 aliphatic carbocycles. The fourth-order valence-corrected chi connectivity index (χ4v) is 3.40. The van der Waals surface area contributed by atoms with Crippen molar-refractivity contribution in [2.75, 3.05) is 5.32 Å². The van der Waals surface area contributed by atoms with Crippen LogP contribution in [0.4, 0.5) is 5.69 Å². The molecule has 2 fully saturated rings. The number of amides is 1. The Bertz CT molecular complexity index is 783. The number of anilines is 1. The van der Waals surface area contributed by atoms with Crippen LogP contribution in [0.1, 0.15) is 50.3 Å². The molecule has 1 aromatic heterocycles. The minimum absolute atomic E-state index is 0. The van der Waals surface area contributed by atoms with Crippen LogP contribution in [0.15, 0.2) is 18.2 Å². The van der Waals surface area contributed by atoms with E-state index in [4.69, 9.17) is 17.3 Å². The van der Waals surface area contributed by atoms with Gasteiger partial charge in [-0.15, -0.1) is 17.5 Å². The molecule has 0 spiro atoms. The number of hydrogen-bond donors (Lipinski definition) is 2. The molecule has 2 aliphatic rings. The number of carbonyl (C=O) groups is 1. The van der Waals surface area contributed by atoms with Crippen LogP contribution in [0.5, 0.6) is 0 Å². The van der Waals surface area contributed by atoms with Gasteiger partial charge in [0.05, 0.1) is 16.2 Å². The van der Waals surface area contributed by atoms with Gasteiger partial charge in [0.1, 0.15) is 0 Å². The Kier molecular flexibility index (Phi) is 4.99. The molecule has 9 heteroatoms. The van der Waals surface area contributed by atoms with Crippen molar-refractivity contribution >= 4 is 35.6 Å². The van der Waals surface area contributed by atoms with Crippen LogP contribution in [-0.2, 0) is 4.79 Å². The molecule has 0 atom stereocenters. The number of nitrogens with one attached hydrogen (secondary N) is 1. The Morgan fingerprint density at radius 2 is 2.04 bits per heavy atom. The van der Waals surface area contributed by atoms with Crippen molar-refractivity contribution in [3.63, 3.8) is 0 Å². The predicted octanol–water partition coefficient (Wildman–Crippen LogP) is 2.82. The molecule has 4 rings (SSSR count). The Morgan fingerprint density at radius 3 is 2.72 bits per heavy atom. The molecule has 1 aromatic carbocycles. The normalized spacial score (nSPS) is 18.6. The molecule has 1 heterocycles. The van der Waals surface area contributed by atoms with Crippen LogP contribution in [0, 0.1) is 0 Å². The van der Waals surface area contributed by atoms with Crippen molar-refractivity contribution in [1.82, 2.24) is 20.2 Å². The van der Waals surface area contributed by atoms with Gasteiger partial charge in [-0.05, 0) is 54.3 Å². The van der Waals surface area contributed by atoms with Gasteiger partial charge in [0, 0.05) is 11.6 Å². The second-order valence-electron chi connectivity index (χ2n) is 6.71. The number of tetrazole rings is 1. The maximum atomic E-state index is 12.5. The largest absolute Gasteiger partial charge is 0.324 e. The highest BCUT2D eigenvalue weighted by Gasteiger charge is 2.37. The number of nitrogens with zero attached hydrogens (tertiary/aromatic N) is 4. The Hall–Kier alpha value is -1.70. The van der Waals surface area contributed by atoms with Gasteiger partial charge in [-0.3, -0.25) is 4.79 Å². The highest BCUT2D eigenvalue weighted by atomic mass is 35.5. The second kappa shape index (κ2) is 6.90. The fraction of sp³-hybridized carbons (Fsp3) is 0.500. The van der Waals surface area contributed by atoms with Crippen molar-refractivity contribution < 1.29 is 4.79 Å². The molecule has 3 N–H and O–H groups in total. The maximum absolute atomic E-state index is 12.5. The van der Waals surface area contributed by atoms with E-state index in [1.54, 1.807) is 22.9 Å². The first-order valence-electron chi connectivity index (χ1n) is 8.25. The average Bonchev–Trinajstić information content (AvgIpc) is 3.12. The van der Waals surface area contributed by atoms with Gasteiger partial charge in [0.25, 0.3) is 0 Å². The quantitative estimate of drug-likeness (QED) is 0.846. The molecule has 134 valence electrons. The predicted molar refractivity (Wildman–Crippen MR) is 97.4 cm³/mol. The third-order valence-electron chi connectivity index (χ3n) is 4.82. The zero-order chi connectivity index (χ0) is 16.7. The number of aromatic nitrogens is 4. The summed E-state index contributed by atoms with van der Waals surface area (Å²) < 4.78 is 1.66. The van der Waals surface area contributed by atoms with Gasteiger partial charge in [-0.2, -0.15) is 4.68 Å². The van der Waals surface area contributed by atoms with E-state index in [1.807, 2.05) is 0 Å². The zero-order valence-corrected chi connectivity index (χ0v) is 15.2. The number of benzene rings is 1. The summed E-state index contributed by atoms with van der Waals surface area (Å²) in [5, 5.41) is 15.4. The monoisotopic (exact) mass is 382 g/mol. The summed E-state index contributed by atoms with van der Waals surface area (Å²) in [6.07, 6.45) is 5.60. The summed E-state index contributed by atoms with van der Waals surface area (Å²) in [7, 11) is 0. The van der Waals surface area contributed by atoms with Crippen LogP contribution in [0.25, 0.3) is 5.69 Å². The highest BCUT2D eigenvalue weighted by Crippen LogP contribution is 2.40. The minimum Gasteiger partial charge on any atom is -0.324 e. The molecule has 2 saturated carbocycles. The van der Waals surface area contributed by atoms with Crippen LogP contribution in [-0.4, -0.2) is 31.7 Å². The van der Waals surface area contributed by atoms with Crippen LogP contribution >= 0.6 is 24.0 Å². The third kappa shape index (κ3) is 3.49. The standard InChI is InChI=1S/C16H19ClN6O.ClH/c17-12-6-5-11(19-15(24)16(18)7-1-2-8-16)9-13(12)23-14(10-3-4-10)20-21-22-23;/h5-6,9-10H,1-4,7-8,18H2,(H,19,24);1H. The smallest absolute Gasteiger partial charge is 0.244 e. The van der Waals surface area contributed by atoms with E-state index >= 15 is 0 Å². The fourth-order valence-electron chi connectivity index (χ4n) is 3.20. The van der Waals surface area contributed by atoms with Gasteiger partial charge in [-0.1, -0.05) is 24.4 Å². The van der Waals surface area contributed by atoms with E-state index < -0.39 is 5.54 Å². The number of nitrogens with two attached hydrogens (primary N) is 1. The molecule has 1 amide bonds. The first-order valence-corrected chi connectivity index (χ1v) is 8.63. The van der Waals surface area contributed by atoms with E-state index in [0.29, 0.717) is 22.3 Å². The van der Waals surface area contributed by atoms with Gasteiger partial charge in [0.15, 0.2) is 5.82 Å². The lowest BCUT2D eigenvalue weighted by Crippen LogP contribution is -2.48.